The molecule has 2 aliphatic rings. The van der Waals surface area contributed by atoms with E-state index in [1.807, 2.05) is 6.07 Å². The Kier molecular flexibility index (Phi) is 3.46. The van der Waals surface area contributed by atoms with Crippen LogP contribution in [0, 0.1) is 11.3 Å². The quantitative estimate of drug-likeness (QED) is 0.851. The molecule has 5 heteroatoms. The van der Waals surface area contributed by atoms with Gasteiger partial charge in [-0.15, -0.1) is 0 Å². The predicted molar refractivity (Wildman–Crippen MR) is 78.4 cm³/mol. The van der Waals surface area contributed by atoms with Gasteiger partial charge in [0.05, 0.1) is 26.9 Å². The van der Waals surface area contributed by atoms with Crippen LogP contribution < -0.4 is 4.90 Å². The molecular weight excluding hydrogens is 328 g/mol. The minimum atomic E-state index is -0.179. The summed E-state index contributed by atoms with van der Waals surface area (Å²) in [7, 11) is 0. The van der Waals surface area contributed by atoms with Crippen LogP contribution in [0.1, 0.15) is 31.2 Å². The highest BCUT2D eigenvalue weighted by Gasteiger charge is 2.41. The number of nitrogens with zero attached hydrogens (tertiary/aromatic N) is 2. The molecule has 19 heavy (non-hydrogen) atoms. The van der Waals surface area contributed by atoms with Gasteiger partial charge in [0.2, 0.25) is 0 Å². The molecule has 2 saturated heterocycles. The van der Waals surface area contributed by atoms with Crippen LogP contribution in [0.25, 0.3) is 0 Å². The maximum absolute atomic E-state index is 9.85. The molecule has 2 heterocycles. The van der Waals surface area contributed by atoms with E-state index in [0.29, 0.717) is 22.7 Å². The SMILES string of the molecule is N#Cc1ccc(N2[C@@H]3CC[C@H]2C[C@@H](O)C3)c(Br)c1Cl. The Labute approximate surface area is 125 Å². The van der Waals surface area contributed by atoms with Crippen LogP contribution in [0.3, 0.4) is 0 Å². The Morgan fingerprint density at radius 1 is 1.32 bits per heavy atom. The van der Waals surface area contributed by atoms with Gasteiger partial charge in [0, 0.05) is 12.1 Å². The third kappa shape index (κ3) is 2.14. The van der Waals surface area contributed by atoms with Gasteiger partial charge in [0.25, 0.3) is 0 Å². The van der Waals surface area contributed by atoms with Crippen molar-refractivity contribution in [2.24, 2.45) is 0 Å². The van der Waals surface area contributed by atoms with Crippen molar-refractivity contribution < 1.29 is 5.11 Å². The molecule has 2 aliphatic heterocycles. The monoisotopic (exact) mass is 340 g/mol. The van der Waals surface area contributed by atoms with Crippen LogP contribution in [0.5, 0.6) is 0 Å². The first-order chi connectivity index (χ1) is 9.11. The molecule has 0 aliphatic carbocycles. The summed E-state index contributed by atoms with van der Waals surface area (Å²) in [6, 6.07) is 6.58. The molecule has 1 N–H and O–H groups in total. The Morgan fingerprint density at radius 3 is 2.53 bits per heavy atom. The second-order valence-corrected chi connectivity index (χ2v) is 6.46. The Morgan fingerprint density at radius 2 is 1.95 bits per heavy atom. The van der Waals surface area contributed by atoms with Crippen molar-refractivity contribution in [3.05, 3.63) is 27.2 Å². The first-order valence-electron chi connectivity index (χ1n) is 6.46. The van der Waals surface area contributed by atoms with Crippen molar-refractivity contribution in [3.63, 3.8) is 0 Å². The zero-order chi connectivity index (χ0) is 13.6. The topological polar surface area (TPSA) is 47.3 Å². The highest BCUT2D eigenvalue weighted by molar-refractivity contribution is 9.10. The van der Waals surface area contributed by atoms with Crippen LogP contribution in [-0.2, 0) is 0 Å². The Balaban J connectivity index is 2.00. The van der Waals surface area contributed by atoms with Gasteiger partial charge >= 0.3 is 0 Å². The van der Waals surface area contributed by atoms with Crippen molar-refractivity contribution >= 4 is 33.2 Å². The van der Waals surface area contributed by atoms with E-state index in [-0.39, 0.29) is 6.10 Å². The number of rotatable bonds is 1. The van der Waals surface area contributed by atoms with Crippen LogP contribution in [0.2, 0.25) is 5.02 Å². The van der Waals surface area contributed by atoms with Crippen molar-refractivity contribution in [2.75, 3.05) is 4.90 Å². The zero-order valence-corrected chi connectivity index (χ0v) is 12.7. The van der Waals surface area contributed by atoms with Crippen LogP contribution in [0.15, 0.2) is 16.6 Å². The number of halogens is 2. The van der Waals surface area contributed by atoms with Gasteiger partial charge in [0.1, 0.15) is 6.07 Å². The third-order valence-corrected chi connectivity index (χ3v) is 5.59. The van der Waals surface area contributed by atoms with E-state index >= 15 is 0 Å². The molecule has 0 saturated carbocycles. The summed E-state index contributed by atoms with van der Waals surface area (Å²) in [5.41, 5.74) is 1.53. The van der Waals surface area contributed by atoms with Gasteiger partial charge in [-0.2, -0.15) is 5.26 Å². The molecule has 0 amide bonds. The maximum Gasteiger partial charge on any atom is 0.101 e. The fraction of sp³-hybridized carbons (Fsp3) is 0.500. The molecule has 0 aromatic heterocycles. The molecule has 0 spiro atoms. The first-order valence-corrected chi connectivity index (χ1v) is 7.63. The molecule has 100 valence electrons. The molecule has 1 aromatic rings. The number of hydrogen-bond donors (Lipinski definition) is 1. The molecule has 2 fully saturated rings. The summed E-state index contributed by atoms with van der Waals surface area (Å²) in [6.07, 6.45) is 3.69. The van der Waals surface area contributed by atoms with Crippen molar-refractivity contribution in [2.45, 2.75) is 43.9 Å². The van der Waals surface area contributed by atoms with E-state index in [9.17, 15) is 5.11 Å². The second-order valence-electron chi connectivity index (χ2n) is 5.29. The summed E-state index contributed by atoms with van der Waals surface area (Å²) in [6.45, 7) is 0. The van der Waals surface area contributed by atoms with E-state index in [2.05, 4.69) is 26.9 Å². The van der Waals surface area contributed by atoms with E-state index in [1.54, 1.807) is 6.07 Å². The molecular formula is C14H14BrClN2O. The highest BCUT2D eigenvalue weighted by atomic mass is 79.9. The van der Waals surface area contributed by atoms with Gasteiger partial charge in [-0.25, -0.2) is 0 Å². The number of fused-ring (bicyclic) bond motifs is 2. The summed E-state index contributed by atoms with van der Waals surface area (Å²) < 4.78 is 0.793. The van der Waals surface area contributed by atoms with E-state index in [4.69, 9.17) is 16.9 Å². The van der Waals surface area contributed by atoms with Crippen LogP contribution >= 0.6 is 27.5 Å². The molecule has 3 atom stereocenters. The molecule has 2 bridgehead atoms. The normalized spacial score (nSPS) is 29.4. The molecule has 3 nitrogen and oxygen atoms in total. The molecule has 0 unspecified atom stereocenters. The minimum Gasteiger partial charge on any atom is -0.393 e. The van der Waals surface area contributed by atoms with Crippen molar-refractivity contribution in [1.29, 1.82) is 5.26 Å². The van der Waals surface area contributed by atoms with E-state index < -0.39 is 0 Å². The van der Waals surface area contributed by atoms with Gasteiger partial charge in [0.15, 0.2) is 0 Å². The second kappa shape index (κ2) is 4.97. The molecule has 0 radical (unpaired) electrons. The number of piperidine rings is 1. The molecule has 3 rings (SSSR count). The van der Waals surface area contributed by atoms with Gasteiger partial charge in [-0.05, 0) is 53.7 Å². The maximum atomic E-state index is 9.85. The standard InChI is InChI=1S/C14H14BrClN2O/c15-13-12(4-1-8(7-17)14(13)16)18-9-2-3-10(18)6-11(19)5-9/h1,4,9-11,19H,2-3,5-6H2/t9-,10+,11+. The smallest absolute Gasteiger partial charge is 0.101 e. The van der Waals surface area contributed by atoms with Crippen LogP contribution in [-0.4, -0.2) is 23.3 Å². The van der Waals surface area contributed by atoms with Gasteiger partial charge in [-0.3, -0.25) is 0 Å². The average Bonchev–Trinajstić information content (AvgIpc) is 2.65. The number of benzene rings is 1. The minimum absolute atomic E-state index is 0.179. The lowest BCUT2D eigenvalue weighted by Gasteiger charge is -2.39. The summed E-state index contributed by atoms with van der Waals surface area (Å²) in [5.74, 6) is 0. The van der Waals surface area contributed by atoms with E-state index in [1.165, 1.54) is 0 Å². The van der Waals surface area contributed by atoms with Gasteiger partial charge in [-0.1, -0.05) is 11.6 Å². The van der Waals surface area contributed by atoms with Crippen molar-refractivity contribution in [1.82, 2.24) is 0 Å². The summed E-state index contributed by atoms with van der Waals surface area (Å²) in [4.78, 5) is 2.36. The lowest BCUT2D eigenvalue weighted by molar-refractivity contribution is 0.126. The highest BCUT2D eigenvalue weighted by Crippen LogP contribution is 2.44. The predicted octanol–water partition coefficient (Wildman–Crippen LogP) is 3.47. The lowest BCUT2D eigenvalue weighted by Crippen LogP contribution is -2.45. The largest absolute Gasteiger partial charge is 0.393 e. The molecule has 1 aromatic carbocycles. The summed E-state index contributed by atoms with van der Waals surface area (Å²) in [5, 5.41) is 19.3. The van der Waals surface area contributed by atoms with Crippen LogP contribution in [0.4, 0.5) is 5.69 Å². The van der Waals surface area contributed by atoms with Gasteiger partial charge < -0.3 is 10.0 Å². The summed E-state index contributed by atoms with van der Waals surface area (Å²) >= 11 is 9.73. The number of hydrogen-bond acceptors (Lipinski definition) is 3. The third-order valence-electron chi connectivity index (χ3n) is 4.17. The first kappa shape index (κ1) is 13.2. The van der Waals surface area contributed by atoms with E-state index in [0.717, 1.165) is 35.8 Å². The fourth-order valence-electron chi connectivity index (χ4n) is 3.37. The number of nitriles is 1. The van der Waals surface area contributed by atoms with Crippen molar-refractivity contribution in [3.8, 4) is 6.07 Å². The fourth-order valence-corrected chi connectivity index (χ4v) is 4.12. The number of aliphatic hydroxyl groups is 1. The Hall–Kier alpha value is -0.760. The lowest BCUT2D eigenvalue weighted by atomic mass is 9.99. The number of anilines is 1. The number of aliphatic hydroxyl groups excluding tert-OH is 1. The average molecular weight is 342 g/mol. The Bertz CT molecular complexity index is 543. The zero-order valence-electron chi connectivity index (χ0n) is 10.3.